The molecule has 10 N–H and O–H groups in total. The van der Waals surface area contributed by atoms with Crippen LogP contribution in [0.2, 0.25) is 0 Å². The summed E-state index contributed by atoms with van der Waals surface area (Å²) in [4.78, 5) is 24.9. The standard InChI is InChI=1S/C28H51N3O13/c1-7-16-19(35)18(34)12(3)25(41-16)42-22-11(2)8-13(31-24(38)14(32)9-30-27(39)44-28(4,5)6)23(21(22)37)43-26-20(36)17(29)15(33)10-40-26/h11-23,25-26,32-37H,7-10,29H2,1-6H3,(H,30,39)(H,31,38). The van der Waals surface area contributed by atoms with E-state index in [-0.39, 0.29) is 13.0 Å². The number of nitrogens with one attached hydrogen (secondary N) is 2. The van der Waals surface area contributed by atoms with E-state index in [0.29, 0.717) is 6.42 Å². The van der Waals surface area contributed by atoms with Crippen molar-refractivity contribution in [3.05, 3.63) is 0 Å². The average molecular weight is 638 g/mol. The van der Waals surface area contributed by atoms with Gasteiger partial charge < -0.3 is 70.7 Å². The van der Waals surface area contributed by atoms with E-state index in [9.17, 15) is 40.2 Å². The number of alkyl carbamates (subject to hydrolysis) is 1. The first-order valence-corrected chi connectivity index (χ1v) is 15.1. The molecule has 0 aromatic rings. The second kappa shape index (κ2) is 15.3. The second-order valence-corrected chi connectivity index (χ2v) is 13.0. The zero-order chi connectivity index (χ0) is 33.1. The van der Waals surface area contributed by atoms with Crippen LogP contribution in [-0.2, 0) is 28.5 Å². The first-order chi connectivity index (χ1) is 20.4. The van der Waals surface area contributed by atoms with Gasteiger partial charge in [-0.2, -0.15) is 0 Å². The van der Waals surface area contributed by atoms with E-state index in [2.05, 4.69) is 10.6 Å². The van der Waals surface area contributed by atoms with E-state index < -0.39 is 116 Å². The van der Waals surface area contributed by atoms with Gasteiger partial charge >= 0.3 is 6.09 Å². The maximum absolute atomic E-state index is 13.0. The Bertz CT molecular complexity index is 952. The average Bonchev–Trinajstić information content (AvgIpc) is 2.94. The minimum Gasteiger partial charge on any atom is -0.444 e. The number of aliphatic hydroxyl groups is 6. The van der Waals surface area contributed by atoms with Crippen molar-refractivity contribution in [2.24, 2.45) is 17.6 Å². The summed E-state index contributed by atoms with van der Waals surface area (Å²) >= 11 is 0. The van der Waals surface area contributed by atoms with E-state index in [1.165, 1.54) is 0 Å². The number of amides is 2. The normalized spacial score (nSPS) is 42.3. The van der Waals surface area contributed by atoms with E-state index in [1.807, 2.05) is 0 Å². The Labute approximate surface area is 257 Å². The number of hydrogen-bond acceptors (Lipinski definition) is 14. The molecule has 2 heterocycles. The third-order valence-corrected chi connectivity index (χ3v) is 8.27. The smallest absolute Gasteiger partial charge is 0.407 e. The van der Waals surface area contributed by atoms with E-state index in [0.717, 1.165) is 0 Å². The van der Waals surface area contributed by atoms with Crippen LogP contribution in [0.3, 0.4) is 0 Å². The predicted octanol–water partition coefficient (Wildman–Crippen LogP) is -2.57. The SMILES string of the molecule is CCC1OC(OC2C(C)CC(NC(=O)C(O)CNC(=O)OC(C)(C)C)C(OC3OCC(O)C(N)C3O)C2O)C(C)C(O)C1O. The molecule has 3 rings (SSSR count). The lowest BCUT2D eigenvalue weighted by atomic mass is 9.79. The molecule has 1 aliphatic carbocycles. The zero-order valence-electron chi connectivity index (χ0n) is 26.1. The fraction of sp³-hybridized carbons (Fsp3) is 0.929. The quantitative estimate of drug-likeness (QED) is 0.126. The van der Waals surface area contributed by atoms with E-state index in [4.69, 9.17) is 29.4 Å². The Morgan fingerprint density at radius 1 is 0.977 bits per heavy atom. The third-order valence-electron chi connectivity index (χ3n) is 8.27. The molecule has 0 aromatic heterocycles. The summed E-state index contributed by atoms with van der Waals surface area (Å²) in [5.41, 5.74) is 5.10. The second-order valence-electron chi connectivity index (χ2n) is 13.0. The molecule has 256 valence electrons. The third kappa shape index (κ3) is 8.97. The van der Waals surface area contributed by atoms with Gasteiger partial charge in [0.15, 0.2) is 12.6 Å². The first kappa shape index (κ1) is 36.8. The van der Waals surface area contributed by atoms with Gasteiger partial charge in [0, 0.05) is 5.92 Å². The van der Waals surface area contributed by atoms with Crippen molar-refractivity contribution >= 4 is 12.0 Å². The number of rotatable bonds is 9. The molecule has 44 heavy (non-hydrogen) atoms. The van der Waals surface area contributed by atoms with Crippen molar-refractivity contribution in [2.75, 3.05) is 13.2 Å². The van der Waals surface area contributed by atoms with Crippen LogP contribution in [-0.4, -0.2) is 141 Å². The van der Waals surface area contributed by atoms with Crippen molar-refractivity contribution in [3.63, 3.8) is 0 Å². The van der Waals surface area contributed by atoms with Gasteiger partial charge in [-0.25, -0.2) is 4.79 Å². The van der Waals surface area contributed by atoms with Crippen LogP contribution in [0.4, 0.5) is 4.79 Å². The monoisotopic (exact) mass is 637 g/mol. The maximum atomic E-state index is 13.0. The lowest BCUT2D eigenvalue weighted by molar-refractivity contribution is -0.322. The fourth-order valence-corrected chi connectivity index (χ4v) is 5.63. The van der Waals surface area contributed by atoms with Gasteiger partial charge in [-0.3, -0.25) is 4.79 Å². The van der Waals surface area contributed by atoms with Crippen molar-refractivity contribution in [1.29, 1.82) is 0 Å². The fourth-order valence-electron chi connectivity index (χ4n) is 5.63. The Kier molecular flexibility index (Phi) is 12.8. The maximum Gasteiger partial charge on any atom is 0.407 e. The van der Waals surface area contributed by atoms with Crippen molar-refractivity contribution < 1.29 is 63.9 Å². The van der Waals surface area contributed by atoms with Crippen LogP contribution >= 0.6 is 0 Å². The summed E-state index contributed by atoms with van der Waals surface area (Å²) < 4.78 is 28.7. The van der Waals surface area contributed by atoms with Gasteiger partial charge in [0.25, 0.3) is 5.91 Å². The van der Waals surface area contributed by atoms with Crippen molar-refractivity contribution in [3.8, 4) is 0 Å². The molecule has 16 nitrogen and oxygen atoms in total. The molecule has 15 unspecified atom stereocenters. The summed E-state index contributed by atoms with van der Waals surface area (Å²) in [5, 5.41) is 68.5. The van der Waals surface area contributed by atoms with Crippen LogP contribution in [0.25, 0.3) is 0 Å². The molecule has 15 atom stereocenters. The topological polar surface area (TPSA) is 252 Å². The van der Waals surface area contributed by atoms with Crippen LogP contribution in [0.5, 0.6) is 0 Å². The minimum atomic E-state index is -1.68. The van der Waals surface area contributed by atoms with Crippen LogP contribution < -0.4 is 16.4 Å². The molecule has 0 spiro atoms. The highest BCUT2D eigenvalue weighted by atomic mass is 16.7. The van der Waals surface area contributed by atoms with Gasteiger partial charge in [-0.05, 0) is 39.5 Å². The highest BCUT2D eigenvalue weighted by Crippen LogP contribution is 2.36. The summed E-state index contributed by atoms with van der Waals surface area (Å²) in [6.07, 6.45) is -13.6. The van der Waals surface area contributed by atoms with Crippen LogP contribution in [0.1, 0.15) is 54.4 Å². The van der Waals surface area contributed by atoms with Gasteiger partial charge in [0.05, 0.1) is 49.7 Å². The molecular formula is C28H51N3O13. The molecule has 2 saturated heterocycles. The number of aliphatic hydroxyl groups excluding tert-OH is 6. The zero-order valence-corrected chi connectivity index (χ0v) is 26.1. The summed E-state index contributed by atoms with van der Waals surface area (Å²) in [5.74, 6) is -1.96. The van der Waals surface area contributed by atoms with Gasteiger partial charge in [-0.1, -0.05) is 20.8 Å². The number of carbonyl (C=O) groups is 2. The number of nitrogens with two attached hydrogens (primary N) is 1. The molecule has 0 aromatic carbocycles. The first-order valence-electron chi connectivity index (χ1n) is 15.1. The van der Waals surface area contributed by atoms with Gasteiger partial charge in [-0.15, -0.1) is 0 Å². The highest BCUT2D eigenvalue weighted by Gasteiger charge is 2.51. The molecule has 2 amide bonds. The summed E-state index contributed by atoms with van der Waals surface area (Å²) in [6, 6.07) is -2.05. The Balaban J connectivity index is 1.77. The van der Waals surface area contributed by atoms with E-state index >= 15 is 0 Å². The Morgan fingerprint density at radius 3 is 2.23 bits per heavy atom. The molecule has 2 aliphatic heterocycles. The van der Waals surface area contributed by atoms with Crippen LogP contribution in [0.15, 0.2) is 0 Å². The lowest BCUT2D eigenvalue weighted by Crippen LogP contribution is -2.66. The predicted molar refractivity (Wildman–Crippen MR) is 152 cm³/mol. The van der Waals surface area contributed by atoms with Gasteiger partial charge in [0.2, 0.25) is 0 Å². The van der Waals surface area contributed by atoms with E-state index in [1.54, 1.807) is 41.5 Å². The molecule has 16 heteroatoms. The Morgan fingerprint density at radius 2 is 1.61 bits per heavy atom. The summed E-state index contributed by atoms with van der Waals surface area (Å²) in [6.45, 7) is 9.49. The molecule has 3 aliphatic rings. The molecule has 1 saturated carbocycles. The number of hydrogen-bond donors (Lipinski definition) is 9. The minimum absolute atomic E-state index is 0.158. The van der Waals surface area contributed by atoms with Crippen molar-refractivity contribution in [1.82, 2.24) is 10.6 Å². The highest BCUT2D eigenvalue weighted by molar-refractivity contribution is 5.81. The number of carbonyl (C=O) groups excluding carboxylic acids is 2. The van der Waals surface area contributed by atoms with Crippen molar-refractivity contribution in [2.45, 2.75) is 140 Å². The number of ether oxygens (including phenoxy) is 5. The molecular weight excluding hydrogens is 586 g/mol. The summed E-state index contributed by atoms with van der Waals surface area (Å²) in [7, 11) is 0. The lowest BCUT2D eigenvalue weighted by Gasteiger charge is -2.48. The molecule has 0 bridgehead atoms. The van der Waals surface area contributed by atoms with Crippen LogP contribution in [0, 0.1) is 11.8 Å². The Hall–Kier alpha value is -1.70. The molecule has 0 radical (unpaired) electrons. The van der Waals surface area contributed by atoms with Gasteiger partial charge in [0.1, 0.15) is 36.1 Å². The largest absolute Gasteiger partial charge is 0.444 e. The molecule has 3 fully saturated rings.